The van der Waals surface area contributed by atoms with Crippen LogP contribution in [0.3, 0.4) is 0 Å². The van der Waals surface area contributed by atoms with Gasteiger partial charge in [0.05, 0.1) is 4.47 Å². The van der Waals surface area contributed by atoms with Crippen LogP contribution in [0.15, 0.2) is 22.7 Å². The molecule has 4 nitrogen and oxygen atoms in total. The molecule has 0 radical (unpaired) electrons. The Hall–Kier alpha value is -1.07. The van der Waals surface area contributed by atoms with Crippen molar-refractivity contribution in [1.82, 2.24) is 4.90 Å². The molecular formula is C15H21BrN2O2. The highest BCUT2D eigenvalue weighted by Gasteiger charge is 2.29. The van der Waals surface area contributed by atoms with Crippen LogP contribution < -0.4 is 10.5 Å². The van der Waals surface area contributed by atoms with Gasteiger partial charge < -0.3 is 15.4 Å². The van der Waals surface area contributed by atoms with Crippen LogP contribution in [0.2, 0.25) is 0 Å². The van der Waals surface area contributed by atoms with Crippen molar-refractivity contribution in [1.29, 1.82) is 0 Å². The van der Waals surface area contributed by atoms with Gasteiger partial charge in [-0.3, -0.25) is 4.79 Å². The Morgan fingerprint density at radius 1 is 1.60 bits per heavy atom. The fourth-order valence-electron chi connectivity index (χ4n) is 2.42. The third kappa shape index (κ3) is 3.52. The average Bonchev–Trinajstić information content (AvgIpc) is 2.89. The molecule has 5 heteroatoms. The highest BCUT2D eigenvalue weighted by atomic mass is 79.9. The van der Waals surface area contributed by atoms with Gasteiger partial charge in [0, 0.05) is 13.1 Å². The molecule has 2 N–H and O–H groups in total. The van der Waals surface area contributed by atoms with E-state index in [1.807, 2.05) is 30.0 Å². The summed E-state index contributed by atoms with van der Waals surface area (Å²) in [5.41, 5.74) is 6.80. The van der Waals surface area contributed by atoms with Gasteiger partial charge >= 0.3 is 0 Å². The van der Waals surface area contributed by atoms with Crippen LogP contribution in [0.25, 0.3) is 0 Å². The normalized spacial score (nSPS) is 20.0. The second-order valence-corrected chi connectivity index (χ2v) is 6.22. The molecule has 0 aromatic heterocycles. The predicted octanol–water partition coefficient (Wildman–Crippen LogP) is 2.33. The molecular weight excluding hydrogens is 320 g/mol. The van der Waals surface area contributed by atoms with Crippen LogP contribution in [0.1, 0.15) is 18.9 Å². The van der Waals surface area contributed by atoms with Gasteiger partial charge in [0.2, 0.25) is 0 Å². The number of nitrogens with two attached hydrogens (primary N) is 1. The van der Waals surface area contributed by atoms with Crippen LogP contribution in [-0.2, 0) is 4.79 Å². The summed E-state index contributed by atoms with van der Waals surface area (Å²) in [6, 6.07) is 5.83. The molecule has 1 fully saturated rings. The number of hydrogen-bond acceptors (Lipinski definition) is 3. The second-order valence-electron chi connectivity index (χ2n) is 5.37. The van der Waals surface area contributed by atoms with Gasteiger partial charge in [-0.2, -0.15) is 0 Å². The topological polar surface area (TPSA) is 55.6 Å². The van der Waals surface area contributed by atoms with Crippen LogP contribution in [0, 0.1) is 12.8 Å². The largest absolute Gasteiger partial charge is 0.480 e. The second kappa shape index (κ2) is 6.59. The standard InChI is InChI=1S/C15H21BrN2O2/c1-10-3-4-14(13(16)7-10)20-11(2)15(19)18-6-5-12(8-17)9-18/h3-4,7,11-12H,5-6,8-9,17H2,1-2H3/t11-,12+/m1/s1. The van der Waals surface area contributed by atoms with E-state index in [0.29, 0.717) is 18.2 Å². The van der Waals surface area contributed by atoms with E-state index >= 15 is 0 Å². The maximum Gasteiger partial charge on any atom is 0.263 e. The highest BCUT2D eigenvalue weighted by Crippen LogP contribution is 2.27. The minimum atomic E-state index is -0.481. The van der Waals surface area contributed by atoms with Gasteiger partial charge in [-0.05, 0) is 66.4 Å². The average molecular weight is 341 g/mol. The van der Waals surface area contributed by atoms with E-state index in [2.05, 4.69) is 15.9 Å². The smallest absolute Gasteiger partial charge is 0.263 e. The van der Waals surface area contributed by atoms with Crippen LogP contribution in [0.4, 0.5) is 0 Å². The van der Waals surface area contributed by atoms with Gasteiger partial charge in [-0.1, -0.05) is 6.07 Å². The molecule has 1 saturated heterocycles. The molecule has 0 bridgehead atoms. The first kappa shape index (κ1) is 15.3. The molecule has 1 aromatic rings. The fraction of sp³-hybridized carbons (Fsp3) is 0.533. The maximum absolute atomic E-state index is 12.3. The molecule has 0 spiro atoms. The zero-order valence-electron chi connectivity index (χ0n) is 11.9. The molecule has 2 rings (SSSR count). The minimum absolute atomic E-state index is 0.0356. The summed E-state index contributed by atoms with van der Waals surface area (Å²) in [6.45, 7) is 5.98. The summed E-state index contributed by atoms with van der Waals surface area (Å²) < 4.78 is 6.65. The first-order valence-electron chi connectivity index (χ1n) is 6.93. The van der Waals surface area contributed by atoms with Crippen molar-refractivity contribution in [3.63, 3.8) is 0 Å². The van der Waals surface area contributed by atoms with Crippen molar-refractivity contribution in [3.05, 3.63) is 28.2 Å². The minimum Gasteiger partial charge on any atom is -0.480 e. The zero-order chi connectivity index (χ0) is 14.7. The highest BCUT2D eigenvalue weighted by molar-refractivity contribution is 9.10. The number of amides is 1. The lowest BCUT2D eigenvalue weighted by Gasteiger charge is -2.22. The lowest BCUT2D eigenvalue weighted by Crippen LogP contribution is -2.39. The first-order chi connectivity index (χ1) is 9.51. The molecule has 0 saturated carbocycles. The number of likely N-dealkylation sites (tertiary alicyclic amines) is 1. The molecule has 20 heavy (non-hydrogen) atoms. The number of ether oxygens (including phenoxy) is 1. The Bertz CT molecular complexity index is 493. The van der Waals surface area contributed by atoms with Crippen molar-refractivity contribution < 1.29 is 9.53 Å². The number of hydrogen-bond donors (Lipinski definition) is 1. The van der Waals surface area contributed by atoms with E-state index in [1.54, 1.807) is 6.92 Å². The Labute approximate surface area is 128 Å². The Morgan fingerprint density at radius 3 is 2.95 bits per heavy atom. The molecule has 1 heterocycles. The summed E-state index contributed by atoms with van der Waals surface area (Å²) in [6.07, 6.45) is 0.508. The van der Waals surface area contributed by atoms with Crippen molar-refractivity contribution in [2.24, 2.45) is 11.7 Å². The third-order valence-electron chi connectivity index (χ3n) is 3.67. The van der Waals surface area contributed by atoms with Crippen LogP contribution in [-0.4, -0.2) is 36.5 Å². The van der Waals surface area contributed by atoms with E-state index in [0.717, 1.165) is 29.5 Å². The Morgan fingerprint density at radius 2 is 2.35 bits per heavy atom. The molecule has 1 aliphatic rings. The monoisotopic (exact) mass is 340 g/mol. The number of aryl methyl sites for hydroxylation is 1. The van der Waals surface area contributed by atoms with Gasteiger partial charge in [0.1, 0.15) is 5.75 Å². The first-order valence-corrected chi connectivity index (χ1v) is 7.72. The lowest BCUT2D eigenvalue weighted by molar-refractivity contribution is -0.137. The molecule has 1 aliphatic heterocycles. The molecule has 1 amide bonds. The quantitative estimate of drug-likeness (QED) is 0.915. The summed E-state index contributed by atoms with van der Waals surface area (Å²) in [5, 5.41) is 0. The Kier molecular flexibility index (Phi) is 5.05. The van der Waals surface area contributed by atoms with Crippen LogP contribution in [0.5, 0.6) is 5.75 Å². The van der Waals surface area contributed by atoms with Gasteiger partial charge in [0.25, 0.3) is 5.91 Å². The van der Waals surface area contributed by atoms with E-state index in [9.17, 15) is 4.79 Å². The van der Waals surface area contributed by atoms with Crippen molar-refractivity contribution in [3.8, 4) is 5.75 Å². The van der Waals surface area contributed by atoms with Crippen molar-refractivity contribution >= 4 is 21.8 Å². The van der Waals surface area contributed by atoms with E-state index < -0.39 is 6.10 Å². The Balaban J connectivity index is 1.97. The van der Waals surface area contributed by atoms with E-state index in [-0.39, 0.29) is 5.91 Å². The molecule has 0 unspecified atom stereocenters. The predicted molar refractivity (Wildman–Crippen MR) is 82.7 cm³/mol. The lowest BCUT2D eigenvalue weighted by atomic mass is 10.1. The van der Waals surface area contributed by atoms with Gasteiger partial charge in [-0.15, -0.1) is 0 Å². The van der Waals surface area contributed by atoms with E-state index in [4.69, 9.17) is 10.5 Å². The van der Waals surface area contributed by atoms with E-state index in [1.165, 1.54) is 0 Å². The number of carbonyl (C=O) groups excluding carboxylic acids is 1. The number of nitrogens with zero attached hydrogens (tertiary/aromatic N) is 1. The zero-order valence-corrected chi connectivity index (χ0v) is 13.5. The maximum atomic E-state index is 12.3. The summed E-state index contributed by atoms with van der Waals surface area (Å²) in [7, 11) is 0. The molecule has 110 valence electrons. The van der Waals surface area contributed by atoms with Crippen molar-refractivity contribution in [2.75, 3.05) is 19.6 Å². The summed E-state index contributed by atoms with van der Waals surface area (Å²) >= 11 is 3.46. The fourth-order valence-corrected chi connectivity index (χ4v) is 3.01. The summed E-state index contributed by atoms with van der Waals surface area (Å²) in [5.74, 6) is 1.16. The number of rotatable bonds is 4. The molecule has 2 atom stereocenters. The SMILES string of the molecule is Cc1ccc(O[C@H](C)C(=O)N2CC[C@@H](CN)C2)c(Br)c1. The van der Waals surface area contributed by atoms with Crippen LogP contribution >= 0.6 is 15.9 Å². The third-order valence-corrected chi connectivity index (χ3v) is 4.29. The number of carbonyl (C=O) groups is 1. The molecule has 1 aromatic carbocycles. The van der Waals surface area contributed by atoms with Gasteiger partial charge in [0.15, 0.2) is 6.10 Å². The van der Waals surface area contributed by atoms with Gasteiger partial charge in [-0.25, -0.2) is 0 Å². The number of benzene rings is 1. The van der Waals surface area contributed by atoms with Crippen molar-refractivity contribution in [2.45, 2.75) is 26.4 Å². The number of halogens is 1. The molecule has 0 aliphatic carbocycles. The summed E-state index contributed by atoms with van der Waals surface area (Å²) in [4.78, 5) is 14.2.